The third kappa shape index (κ3) is 4.47. The molecule has 0 aromatic heterocycles. The number of anilines is 1. The van der Waals surface area contributed by atoms with Gasteiger partial charge in [-0.1, -0.05) is 19.9 Å². The number of nitrogens with one attached hydrogen (secondary N) is 1. The highest BCUT2D eigenvalue weighted by Gasteiger charge is 2.29. The molecule has 1 aliphatic rings. The fourth-order valence-electron chi connectivity index (χ4n) is 2.29. The van der Waals surface area contributed by atoms with Gasteiger partial charge in [0.05, 0.1) is 12.3 Å². The number of methoxy groups -OCH3 is 1. The lowest BCUT2D eigenvalue weighted by Gasteiger charge is -2.26. The van der Waals surface area contributed by atoms with Crippen molar-refractivity contribution in [3.05, 3.63) is 28.2 Å². The Morgan fingerprint density at radius 3 is 2.70 bits per heavy atom. The van der Waals surface area contributed by atoms with Crippen molar-refractivity contribution in [1.29, 1.82) is 0 Å². The van der Waals surface area contributed by atoms with Crippen LogP contribution in [0.2, 0.25) is 0 Å². The van der Waals surface area contributed by atoms with E-state index in [2.05, 4.69) is 58.2 Å². The fraction of sp³-hybridized carbons (Fsp3) is 0.625. The SMILES string of the molecule is COCCN(c1ccc(CNC(C)C)cc1Br)C1CC1. The van der Waals surface area contributed by atoms with Gasteiger partial charge in [0, 0.05) is 36.8 Å². The molecule has 1 N–H and O–H groups in total. The molecule has 1 saturated carbocycles. The van der Waals surface area contributed by atoms with Gasteiger partial charge in [-0.15, -0.1) is 0 Å². The van der Waals surface area contributed by atoms with Crippen molar-refractivity contribution in [2.24, 2.45) is 0 Å². The predicted molar refractivity (Wildman–Crippen MR) is 88.4 cm³/mol. The highest BCUT2D eigenvalue weighted by atomic mass is 79.9. The summed E-state index contributed by atoms with van der Waals surface area (Å²) >= 11 is 3.73. The van der Waals surface area contributed by atoms with E-state index in [0.29, 0.717) is 12.1 Å². The Morgan fingerprint density at radius 1 is 1.40 bits per heavy atom. The maximum absolute atomic E-state index is 5.23. The second-order valence-corrected chi connectivity index (χ2v) is 6.59. The smallest absolute Gasteiger partial charge is 0.0637 e. The van der Waals surface area contributed by atoms with Gasteiger partial charge in [0.15, 0.2) is 0 Å². The molecule has 20 heavy (non-hydrogen) atoms. The van der Waals surface area contributed by atoms with Crippen molar-refractivity contribution in [2.75, 3.05) is 25.2 Å². The monoisotopic (exact) mass is 340 g/mol. The molecule has 0 amide bonds. The Bertz CT molecular complexity index is 432. The largest absolute Gasteiger partial charge is 0.383 e. The van der Waals surface area contributed by atoms with E-state index in [1.54, 1.807) is 7.11 Å². The zero-order chi connectivity index (χ0) is 14.5. The lowest BCUT2D eigenvalue weighted by Crippen LogP contribution is -2.29. The molecule has 0 unspecified atom stereocenters. The van der Waals surface area contributed by atoms with Gasteiger partial charge in [-0.2, -0.15) is 0 Å². The standard InChI is InChI=1S/C16H25BrN2O/c1-12(2)18-11-13-4-7-16(15(17)10-13)19(8-9-20-3)14-5-6-14/h4,7,10,12,14,18H,5-6,8-9,11H2,1-3H3. The molecule has 1 fully saturated rings. The number of benzene rings is 1. The first-order valence-electron chi connectivity index (χ1n) is 7.39. The van der Waals surface area contributed by atoms with E-state index < -0.39 is 0 Å². The van der Waals surface area contributed by atoms with Crippen LogP contribution in [0, 0.1) is 0 Å². The van der Waals surface area contributed by atoms with Gasteiger partial charge >= 0.3 is 0 Å². The number of nitrogens with zero attached hydrogens (tertiary/aromatic N) is 1. The number of rotatable bonds is 8. The van der Waals surface area contributed by atoms with E-state index in [1.165, 1.54) is 28.6 Å². The summed E-state index contributed by atoms with van der Waals surface area (Å²) in [5.41, 5.74) is 2.61. The van der Waals surface area contributed by atoms with E-state index in [1.807, 2.05) is 0 Å². The molecule has 2 rings (SSSR count). The van der Waals surface area contributed by atoms with Gasteiger partial charge in [0.25, 0.3) is 0 Å². The van der Waals surface area contributed by atoms with Crippen molar-refractivity contribution < 1.29 is 4.74 Å². The number of ether oxygens (including phenoxy) is 1. The van der Waals surface area contributed by atoms with Gasteiger partial charge in [0.2, 0.25) is 0 Å². The molecule has 0 saturated heterocycles. The summed E-state index contributed by atoms with van der Waals surface area (Å²) in [6.45, 7) is 6.99. The van der Waals surface area contributed by atoms with Crippen molar-refractivity contribution in [3.63, 3.8) is 0 Å². The summed E-state index contributed by atoms with van der Waals surface area (Å²) in [6.07, 6.45) is 2.60. The summed E-state index contributed by atoms with van der Waals surface area (Å²) < 4.78 is 6.42. The average molecular weight is 341 g/mol. The molecule has 0 radical (unpaired) electrons. The minimum Gasteiger partial charge on any atom is -0.383 e. The molecule has 0 heterocycles. The second kappa shape index (κ2) is 7.43. The molecule has 1 aromatic carbocycles. The Balaban J connectivity index is 2.06. The van der Waals surface area contributed by atoms with Gasteiger partial charge < -0.3 is 15.0 Å². The Kier molecular flexibility index (Phi) is 5.87. The lowest BCUT2D eigenvalue weighted by atomic mass is 10.2. The van der Waals surface area contributed by atoms with Gasteiger partial charge in [0.1, 0.15) is 0 Å². The van der Waals surface area contributed by atoms with E-state index in [9.17, 15) is 0 Å². The van der Waals surface area contributed by atoms with Crippen LogP contribution in [-0.2, 0) is 11.3 Å². The van der Waals surface area contributed by atoms with Crippen LogP contribution >= 0.6 is 15.9 Å². The van der Waals surface area contributed by atoms with Crippen LogP contribution in [0.15, 0.2) is 22.7 Å². The first kappa shape index (κ1) is 15.8. The molecule has 3 nitrogen and oxygen atoms in total. The highest BCUT2D eigenvalue weighted by Crippen LogP contribution is 2.36. The van der Waals surface area contributed by atoms with Crippen LogP contribution in [0.25, 0.3) is 0 Å². The third-order valence-corrected chi connectivity index (χ3v) is 4.20. The van der Waals surface area contributed by atoms with E-state index in [4.69, 9.17) is 4.74 Å². The molecule has 4 heteroatoms. The van der Waals surface area contributed by atoms with E-state index in [-0.39, 0.29) is 0 Å². The molecule has 1 aliphatic carbocycles. The molecular weight excluding hydrogens is 316 g/mol. The van der Waals surface area contributed by atoms with Gasteiger partial charge in [-0.25, -0.2) is 0 Å². The average Bonchev–Trinajstić information content (AvgIpc) is 3.23. The third-order valence-electron chi connectivity index (χ3n) is 3.56. The maximum atomic E-state index is 5.23. The molecule has 112 valence electrons. The zero-order valence-corrected chi connectivity index (χ0v) is 14.2. The minimum absolute atomic E-state index is 0.512. The molecular formula is C16H25BrN2O. The van der Waals surface area contributed by atoms with Crippen molar-refractivity contribution in [3.8, 4) is 0 Å². The predicted octanol–water partition coefficient (Wildman–Crippen LogP) is 3.56. The van der Waals surface area contributed by atoms with Crippen LogP contribution in [0.1, 0.15) is 32.3 Å². The molecule has 0 bridgehead atoms. The second-order valence-electron chi connectivity index (χ2n) is 5.74. The van der Waals surface area contributed by atoms with E-state index >= 15 is 0 Å². The van der Waals surface area contributed by atoms with Crippen molar-refractivity contribution in [2.45, 2.75) is 45.3 Å². The summed E-state index contributed by atoms with van der Waals surface area (Å²) in [5.74, 6) is 0. The van der Waals surface area contributed by atoms with Crippen molar-refractivity contribution in [1.82, 2.24) is 5.32 Å². The van der Waals surface area contributed by atoms with Crippen LogP contribution in [-0.4, -0.2) is 32.3 Å². The highest BCUT2D eigenvalue weighted by molar-refractivity contribution is 9.10. The number of hydrogen-bond donors (Lipinski definition) is 1. The zero-order valence-electron chi connectivity index (χ0n) is 12.7. The number of halogens is 1. The first-order chi connectivity index (χ1) is 9.61. The van der Waals surface area contributed by atoms with Crippen LogP contribution in [0.4, 0.5) is 5.69 Å². The molecule has 0 aliphatic heterocycles. The maximum Gasteiger partial charge on any atom is 0.0637 e. The summed E-state index contributed by atoms with van der Waals surface area (Å²) in [7, 11) is 1.76. The summed E-state index contributed by atoms with van der Waals surface area (Å²) in [5, 5.41) is 3.45. The normalized spacial score (nSPS) is 14.8. The Morgan fingerprint density at radius 2 is 2.15 bits per heavy atom. The van der Waals surface area contributed by atoms with E-state index in [0.717, 1.165) is 19.7 Å². The first-order valence-corrected chi connectivity index (χ1v) is 8.18. The molecule has 0 spiro atoms. The minimum atomic E-state index is 0.512. The summed E-state index contributed by atoms with van der Waals surface area (Å²) in [6, 6.07) is 7.89. The Labute approximate surface area is 130 Å². The molecule has 0 atom stereocenters. The van der Waals surface area contributed by atoms with Crippen LogP contribution in [0.3, 0.4) is 0 Å². The van der Waals surface area contributed by atoms with Gasteiger partial charge in [-0.05, 0) is 46.5 Å². The Hall–Kier alpha value is -0.580. The van der Waals surface area contributed by atoms with Crippen LogP contribution in [0.5, 0.6) is 0 Å². The quantitative estimate of drug-likeness (QED) is 0.782. The number of hydrogen-bond acceptors (Lipinski definition) is 3. The fourth-order valence-corrected chi connectivity index (χ4v) is 2.94. The van der Waals surface area contributed by atoms with Gasteiger partial charge in [-0.3, -0.25) is 0 Å². The molecule has 1 aromatic rings. The van der Waals surface area contributed by atoms with Crippen molar-refractivity contribution >= 4 is 21.6 Å². The lowest BCUT2D eigenvalue weighted by molar-refractivity contribution is 0.205. The van der Waals surface area contributed by atoms with Crippen LogP contribution < -0.4 is 10.2 Å². The topological polar surface area (TPSA) is 24.5 Å². The summed E-state index contributed by atoms with van der Waals surface area (Å²) in [4.78, 5) is 2.47.